The van der Waals surface area contributed by atoms with Crippen LogP contribution in [-0.4, -0.2) is 33.3 Å². The van der Waals surface area contributed by atoms with Crippen LogP contribution >= 0.6 is 0 Å². The van der Waals surface area contributed by atoms with E-state index in [2.05, 4.69) is 37.7 Å². The number of likely N-dealkylation sites (N-methyl/N-ethyl adjacent to an activating group) is 1. The van der Waals surface area contributed by atoms with E-state index >= 15 is 0 Å². The van der Waals surface area contributed by atoms with Crippen molar-refractivity contribution < 1.29 is 0 Å². The van der Waals surface area contributed by atoms with Crippen molar-refractivity contribution in [2.75, 3.05) is 13.1 Å². The van der Waals surface area contributed by atoms with Gasteiger partial charge in [0.1, 0.15) is 0 Å². The molecule has 92 valence electrons. The number of aryl methyl sites for hydroxylation is 1. The Morgan fingerprint density at radius 1 is 1.44 bits per heavy atom. The second kappa shape index (κ2) is 4.97. The van der Waals surface area contributed by atoms with Gasteiger partial charge in [-0.3, -0.25) is 9.58 Å². The lowest BCUT2D eigenvalue weighted by Gasteiger charge is -2.41. The van der Waals surface area contributed by atoms with Crippen molar-refractivity contribution >= 4 is 0 Å². The highest BCUT2D eigenvalue weighted by atomic mass is 15.3. The van der Waals surface area contributed by atoms with E-state index in [9.17, 15) is 0 Å². The predicted molar refractivity (Wildman–Crippen MR) is 67.1 cm³/mol. The minimum Gasteiger partial charge on any atom is -0.321 e. The topological polar surface area (TPSA) is 47.1 Å². The Balaban J connectivity index is 2.90. The van der Waals surface area contributed by atoms with Gasteiger partial charge in [0.25, 0.3) is 0 Å². The largest absolute Gasteiger partial charge is 0.321 e. The Labute approximate surface area is 98.4 Å². The van der Waals surface area contributed by atoms with Crippen molar-refractivity contribution in [3.63, 3.8) is 0 Å². The van der Waals surface area contributed by atoms with Gasteiger partial charge in [0, 0.05) is 18.8 Å². The highest BCUT2D eigenvalue weighted by Gasteiger charge is 2.33. The summed E-state index contributed by atoms with van der Waals surface area (Å²) in [6.45, 7) is 10.7. The highest BCUT2D eigenvalue weighted by Crippen LogP contribution is 2.27. The molecule has 2 N–H and O–H groups in total. The molecule has 1 unspecified atom stereocenters. The standard InChI is InChI=1S/C12H24N4/c1-6-16(7-2)12(3,4)11(13)10-8-9-15(5)14-10/h8-9,11H,6-7,13H2,1-5H3. The fourth-order valence-corrected chi connectivity index (χ4v) is 2.20. The summed E-state index contributed by atoms with van der Waals surface area (Å²) in [6, 6.07) is 1.93. The van der Waals surface area contributed by atoms with E-state index in [4.69, 9.17) is 5.73 Å². The highest BCUT2D eigenvalue weighted by molar-refractivity contribution is 5.11. The average Bonchev–Trinajstić information content (AvgIpc) is 2.65. The molecule has 0 radical (unpaired) electrons. The maximum atomic E-state index is 6.32. The Hall–Kier alpha value is -0.870. The van der Waals surface area contributed by atoms with Crippen molar-refractivity contribution in [3.8, 4) is 0 Å². The summed E-state index contributed by atoms with van der Waals surface area (Å²) in [4.78, 5) is 2.37. The molecule has 0 amide bonds. The van der Waals surface area contributed by atoms with Crippen LogP contribution in [0.5, 0.6) is 0 Å². The Bertz CT molecular complexity index is 326. The molecule has 0 aliphatic carbocycles. The molecular formula is C12H24N4. The van der Waals surface area contributed by atoms with Gasteiger partial charge in [0.05, 0.1) is 11.7 Å². The molecule has 16 heavy (non-hydrogen) atoms. The number of rotatable bonds is 5. The molecule has 0 saturated carbocycles. The molecule has 0 aliphatic rings. The van der Waals surface area contributed by atoms with Crippen LogP contribution in [0.1, 0.15) is 39.4 Å². The Kier molecular flexibility index (Phi) is 4.10. The lowest BCUT2D eigenvalue weighted by Crippen LogP contribution is -2.51. The first-order valence-corrected chi connectivity index (χ1v) is 5.93. The molecule has 0 aromatic carbocycles. The van der Waals surface area contributed by atoms with Crippen LogP contribution in [0.3, 0.4) is 0 Å². The van der Waals surface area contributed by atoms with Crippen LogP contribution in [0, 0.1) is 0 Å². The smallest absolute Gasteiger partial charge is 0.0810 e. The molecule has 1 atom stereocenters. The predicted octanol–water partition coefficient (Wildman–Crippen LogP) is 1.54. The molecule has 0 aliphatic heterocycles. The van der Waals surface area contributed by atoms with Crippen molar-refractivity contribution in [2.24, 2.45) is 12.8 Å². The van der Waals surface area contributed by atoms with Crippen molar-refractivity contribution in [3.05, 3.63) is 18.0 Å². The van der Waals surface area contributed by atoms with Crippen LogP contribution in [-0.2, 0) is 7.05 Å². The third kappa shape index (κ3) is 2.44. The molecule has 4 nitrogen and oxygen atoms in total. The van der Waals surface area contributed by atoms with Gasteiger partial charge in [0.15, 0.2) is 0 Å². The summed E-state index contributed by atoms with van der Waals surface area (Å²) >= 11 is 0. The molecule has 1 aromatic heterocycles. The zero-order valence-corrected chi connectivity index (χ0v) is 11.1. The number of hydrogen-bond donors (Lipinski definition) is 1. The SMILES string of the molecule is CCN(CC)C(C)(C)C(N)c1ccn(C)n1. The van der Waals surface area contributed by atoms with E-state index in [1.165, 1.54) is 0 Å². The molecular weight excluding hydrogens is 200 g/mol. The van der Waals surface area contributed by atoms with Gasteiger partial charge in [-0.25, -0.2) is 0 Å². The quantitative estimate of drug-likeness (QED) is 0.825. The summed E-state index contributed by atoms with van der Waals surface area (Å²) in [5.74, 6) is 0. The maximum Gasteiger partial charge on any atom is 0.0810 e. The fraction of sp³-hybridized carbons (Fsp3) is 0.750. The Morgan fingerprint density at radius 3 is 2.38 bits per heavy atom. The van der Waals surface area contributed by atoms with E-state index < -0.39 is 0 Å². The van der Waals surface area contributed by atoms with Crippen LogP contribution in [0.4, 0.5) is 0 Å². The summed E-state index contributed by atoms with van der Waals surface area (Å²) in [6.07, 6.45) is 1.94. The number of hydrogen-bond acceptors (Lipinski definition) is 3. The van der Waals surface area contributed by atoms with Crippen LogP contribution < -0.4 is 5.73 Å². The molecule has 1 aromatic rings. The molecule has 0 fully saturated rings. The van der Waals surface area contributed by atoms with Gasteiger partial charge in [-0.05, 0) is 33.0 Å². The first-order valence-electron chi connectivity index (χ1n) is 5.93. The van der Waals surface area contributed by atoms with Gasteiger partial charge in [-0.15, -0.1) is 0 Å². The van der Waals surface area contributed by atoms with Gasteiger partial charge in [-0.2, -0.15) is 5.10 Å². The number of nitrogens with two attached hydrogens (primary N) is 1. The van der Waals surface area contributed by atoms with E-state index in [-0.39, 0.29) is 11.6 Å². The van der Waals surface area contributed by atoms with Gasteiger partial charge in [-0.1, -0.05) is 13.8 Å². The summed E-state index contributed by atoms with van der Waals surface area (Å²) in [5.41, 5.74) is 7.21. The summed E-state index contributed by atoms with van der Waals surface area (Å²) < 4.78 is 1.80. The minimum atomic E-state index is -0.0716. The van der Waals surface area contributed by atoms with E-state index in [1.54, 1.807) is 4.68 Å². The second-order valence-electron chi connectivity index (χ2n) is 4.72. The van der Waals surface area contributed by atoms with Crippen LogP contribution in [0.2, 0.25) is 0 Å². The minimum absolute atomic E-state index is 0.0615. The molecule has 1 heterocycles. The lowest BCUT2D eigenvalue weighted by atomic mass is 9.90. The van der Waals surface area contributed by atoms with Crippen LogP contribution in [0.15, 0.2) is 12.3 Å². The first-order chi connectivity index (χ1) is 7.43. The van der Waals surface area contributed by atoms with Gasteiger partial charge < -0.3 is 5.73 Å². The summed E-state index contributed by atoms with van der Waals surface area (Å²) in [7, 11) is 1.92. The van der Waals surface area contributed by atoms with Crippen LogP contribution in [0.25, 0.3) is 0 Å². The molecule has 0 bridgehead atoms. The number of aromatic nitrogens is 2. The zero-order chi connectivity index (χ0) is 12.3. The summed E-state index contributed by atoms with van der Waals surface area (Å²) in [5, 5.41) is 4.39. The normalized spacial score (nSPS) is 14.4. The third-order valence-electron chi connectivity index (χ3n) is 3.39. The fourth-order valence-electron chi connectivity index (χ4n) is 2.20. The van der Waals surface area contributed by atoms with Gasteiger partial charge >= 0.3 is 0 Å². The molecule has 4 heteroatoms. The third-order valence-corrected chi connectivity index (χ3v) is 3.39. The maximum absolute atomic E-state index is 6.32. The van der Waals surface area contributed by atoms with Gasteiger partial charge in [0.2, 0.25) is 0 Å². The van der Waals surface area contributed by atoms with E-state index in [0.717, 1.165) is 18.8 Å². The molecule has 1 rings (SSSR count). The van der Waals surface area contributed by atoms with Crippen molar-refractivity contribution in [1.29, 1.82) is 0 Å². The zero-order valence-electron chi connectivity index (χ0n) is 11.1. The molecule has 0 spiro atoms. The van der Waals surface area contributed by atoms with Crippen molar-refractivity contribution in [1.82, 2.24) is 14.7 Å². The first kappa shape index (κ1) is 13.2. The van der Waals surface area contributed by atoms with E-state index in [1.807, 2.05) is 19.3 Å². The van der Waals surface area contributed by atoms with Crippen molar-refractivity contribution in [2.45, 2.75) is 39.3 Å². The Morgan fingerprint density at radius 2 is 2.00 bits per heavy atom. The second-order valence-corrected chi connectivity index (χ2v) is 4.72. The van der Waals surface area contributed by atoms with E-state index in [0.29, 0.717) is 0 Å². The lowest BCUT2D eigenvalue weighted by molar-refractivity contribution is 0.105. The average molecular weight is 224 g/mol. The molecule has 0 saturated heterocycles. The monoisotopic (exact) mass is 224 g/mol. The number of nitrogens with zero attached hydrogens (tertiary/aromatic N) is 3.